The standard InChI is InChI=1S/C7H8O8S2/c1-15-5-3-6(16(9,10)11)4(8)2-7(5)17(12,13)14/h2-3,8H,1H3,(H,9,10,11)(H,12,13,14). The molecule has 8 nitrogen and oxygen atoms in total. The molecule has 0 amide bonds. The maximum Gasteiger partial charge on any atom is 0.298 e. The van der Waals surface area contributed by atoms with E-state index in [0.29, 0.717) is 12.1 Å². The van der Waals surface area contributed by atoms with Crippen LogP contribution >= 0.6 is 0 Å². The largest absolute Gasteiger partial charge is 0.506 e. The van der Waals surface area contributed by atoms with Gasteiger partial charge in [0.2, 0.25) is 0 Å². The Labute approximate surface area is 97.0 Å². The lowest BCUT2D eigenvalue weighted by atomic mass is 10.3. The average molecular weight is 284 g/mol. The van der Waals surface area contributed by atoms with Crippen LogP contribution in [0.4, 0.5) is 0 Å². The number of benzene rings is 1. The predicted molar refractivity (Wildman–Crippen MR) is 54.3 cm³/mol. The van der Waals surface area contributed by atoms with Gasteiger partial charge in [-0.1, -0.05) is 0 Å². The van der Waals surface area contributed by atoms with Crippen molar-refractivity contribution in [3.8, 4) is 11.5 Å². The first-order chi connectivity index (χ1) is 7.57. The maximum absolute atomic E-state index is 10.9. The molecule has 0 spiro atoms. The van der Waals surface area contributed by atoms with Gasteiger partial charge in [0.1, 0.15) is 21.3 Å². The third kappa shape index (κ3) is 2.85. The van der Waals surface area contributed by atoms with E-state index in [2.05, 4.69) is 4.74 Å². The van der Waals surface area contributed by atoms with Crippen molar-refractivity contribution in [3.05, 3.63) is 12.1 Å². The molecule has 0 aliphatic carbocycles. The van der Waals surface area contributed by atoms with Crippen molar-refractivity contribution >= 4 is 20.2 Å². The topological polar surface area (TPSA) is 138 Å². The van der Waals surface area contributed by atoms with Crippen molar-refractivity contribution in [2.24, 2.45) is 0 Å². The summed E-state index contributed by atoms with van der Waals surface area (Å²) in [6, 6.07) is 1.03. The van der Waals surface area contributed by atoms with Gasteiger partial charge in [-0.25, -0.2) is 0 Å². The van der Waals surface area contributed by atoms with E-state index in [9.17, 15) is 21.9 Å². The summed E-state index contributed by atoms with van der Waals surface area (Å²) in [5.41, 5.74) is 0. The fraction of sp³-hybridized carbons (Fsp3) is 0.143. The zero-order valence-electron chi connectivity index (χ0n) is 8.35. The summed E-state index contributed by atoms with van der Waals surface area (Å²) in [6.07, 6.45) is 0. The number of rotatable bonds is 3. The van der Waals surface area contributed by atoms with E-state index in [1.54, 1.807) is 0 Å². The van der Waals surface area contributed by atoms with Gasteiger partial charge in [0.15, 0.2) is 0 Å². The van der Waals surface area contributed by atoms with Gasteiger partial charge in [0.25, 0.3) is 20.2 Å². The Morgan fingerprint density at radius 3 is 1.82 bits per heavy atom. The van der Waals surface area contributed by atoms with Crippen LogP contribution < -0.4 is 4.74 Å². The molecule has 0 bridgehead atoms. The van der Waals surface area contributed by atoms with Crippen LogP contribution in [0.15, 0.2) is 21.9 Å². The molecule has 0 fully saturated rings. The molecule has 0 saturated carbocycles. The second kappa shape index (κ2) is 4.14. The minimum atomic E-state index is -4.73. The summed E-state index contributed by atoms with van der Waals surface area (Å²) in [4.78, 5) is -1.74. The summed E-state index contributed by atoms with van der Waals surface area (Å²) in [7, 11) is -8.40. The van der Waals surface area contributed by atoms with E-state index in [0.717, 1.165) is 7.11 Å². The van der Waals surface area contributed by atoms with Gasteiger partial charge < -0.3 is 9.84 Å². The van der Waals surface area contributed by atoms with E-state index >= 15 is 0 Å². The van der Waals surface area contributed by atoms with Crippen LogP contribution in [0.2, 0.25) is 0 Å². The molecular formula is C7H8O8S2. The molecule has 0 heterocycles. The highest BCUT2D eigenvalue weighted by Crippen LogP contribution is 2.33. The highest BCUT2D eigenvalue weighted by atomic mass is 32.2. The van der Waals surface area contributed by atoms with Crippen LogP contribution in [0, 0.1) is 0 Å². The van der Waals surface area contributed by atoms with Crippen LogP contribution in [0.3, 0.4) is 0 Å². The molecular weight excluding hydrogens is 276 g/mol. The van der Waals surface area contributed by atoms with E-state index in [1.807, 2.05) is 0 Å². The van der Waals surface area contributed by atoms with Crippen molar-refractivity contribution in [1.82, 2.24) is 0 Å². The Morgan fingerprint density at radius 1 is 1.00 bits per heavy atom. The number of aromatic hydroxyl groups is 1. The average Bonchev–Trinajstić information content (AvgIpc) is 2.14. The molecule has 0 radical (unpaired) electrons. The molecule has 17 heavy (non-hydrogen) atoms. The van der Waals surface area contributed by atoms with Crippen molar-refractivity contribution in [1.29, 1.82) is 0 Å². The van der Waals surface area contributed by atoms with Crippen LogP contribution in [0.5, 0.6) is 11.5 Å². The van der Waals surface area contributed by atoms with E-state index < -0.39 is 41.5 Å². The number of methoxy groups -OCH3 is 1. The fourth-order valence-corrected chi connectivity index (χ4v) is 2.33. The zero-order valence-corrected chi connectivity index (χ0v) is 9.99. The van der Waals surface area contributed by atoms with Crippen molar-refractivity contribution in [2.45, 2.75) is 9.79 Å². The lowest BCUT2D eigenvalue weighted by molar-refractivity contribution is 0.387. The molecule has 0 atom stereocenters. The van der Waals surface area contributed by atoms with Gasteiger partial charge in [0, 0.05) is 12.1 Å². The number of hydrogen-bond acceptors (Lipinski definition) is 6. The SMILES string of the molecule is COc1cc(S(=O)(=O)O)c(O)cc1S(=O)(=O)O. The summed E-state index contributed by atoms with van der Waals surface area (Å²) < 4.78 is 65.4. The monoisotopic (exact) mass is 284 g/mol. The lowest BCUT2D eigenvalue weighted by Gasteiger charge is -2.08. The first-order valence-electron chi connectivity index (χ1n) is 3.93. The predicted octanol–water partition coefficient (Wildman–Crippen LogP) is -0.106. The highest BCUT2D eigenvalue weighted by molar-refractivity contribution is 7.86. The van der Waals surface area contributed by atoms with Crippen molar-refractivity contribution in [2.75, 3.05) is 7.11 Å². The van der Waals surface area contributed by atoms with Crippen LogP contribution in [0.1, 0.15) is 0 Å². The Balaban J connectivity index is 3.69. The summed E-state index contributed by atoms with van der Waals surface area (Å²) >= 11 is 0. The molecule has 1 rings (SSSR count). The fourth-order valence-electron chi connectivity index (χ4n) is 1.10. The molecule has 1 aromatic carbocycles. The third-order valence-corrected chi connectivity index (χ3v) is 3.56. The number of ether oxygens (including phenoxy) is 1. The van der Waals surface area contributed by atoms with Crippen LogP contribution in [0.25, 0.3) is 0 Å². The van der Waals surface area contributed by atoms with E-state index in [4.69, 9.17) is 9.11 Å². The number of hydrogen-bond donors (Lipinski definition) is 3. The molecule has 0 aliphatic rings. The molecule has 0 unspecified atom stereocenters. The highest BCUT2D eigenvalue weighted by Gasteiger charge is 2.24. The van der Waals surface area contributed by atoms with Gasteiger partial charge in [-0.2, -0.15) is 16.8 Å². The van der Waals surface area contributed by atoms with Crippen molar-refractivity contribution in [3.63, 3.8) is 0 Å². The molecule has 3 N–H and O–H groups in total. The number of phenols is 1. The molecule has 0 aliphatic heterocycles. The lowest BCUT2D eigenvalue weighted by Crippen LogP contribution is -2.05. The normalized spacial score (nSPS) is 12.4. The Kier molecular flexibility index (Phi) is 3.34. The minimum Gasteiger partial charge on any atom is -0.506 e. The van der Waals surface area contributed by atoms with Crippen LogP contribution in [-0.4, -0.2) is 38.2 Å². The molecule has 0 aromatic heterocycles. The van der Waals surface area contributed by atoms with Crippen LogP contribution in [-0.2, 0) is 20.2 Å². The van der Waals surface area contributed by atoms with Gasteiger partial charge in [-0.15, -0.1) is 0 Å². The Hall–Kier alpha value is -1.36. The second-order valence-corrected chi connectivity index (χ2v) is 5.70. The Morgan fingerprint density at radius 2 is 1.47 bits per heavy atom. The van der Waals surface area contributed by atoms with E-state index in [1.165, 1.54) is 0 Å². The van der Waals surface area contributed by atoms with Crippen molar-refractivity contribution < 1.29 is 35.8 Å². The smallest absolute Gasteiger partial charge is 0.298 e. The first kappa shape index (κ1) is 13.7. The zero-order chi connectivity index (χ0) is 13.4. The summed E-state index contributed by atoms with van der Waals surface area (Å²) in [5.74, 6) is -1.56. The van der Waals surface area contributed by atoms with Gasteiger partial charge >= 0.3 is 0 Å². The summed E-state index contributed by atoms with van der Waals surface area (Å²) in [5, 5.41) is 9.24. The molecule has 96 valence electrons. The Bertz CT molecular complexity index is 643. The molecule has 0 saturated heterocycles. The molecule has 10 heteroatoms. The quantitative estimate of drug-likeness (QED) is 0.654. The summed E-state index contributed by atoms with van der Waals surface area (Å²) in [6.45, 7) is 0. The second-order valence-electron chi connectivity index (χ2n) is 2.92. The minimum absolute atomic E-state index is 0.456. The van der Waals surface area contributed by atoms with Gasteiger partial charge in [-0.3, -0.25) is 9.11 Å². The first-order valence-corrected chi connectivity index (χ1v) is 6.81. The molecule has 1 aromatic rings. The number of phenolic OH excluding ortho intramolecular Hbond substituents is 1. The maximum atomic E-state index is 10.9. The van der Waals surface area contributed by atoms with Gasteiger partial charge in [0.05, 0.1) is 7.11 Å². The van der Waals surface area contributed by atoms with Gasteiger partial charge in [-0.05, 0) is 0 Å². The third-order valence-electron chi connectivity index (χ3n) is 1.80. The van der Waals surface area contributed by atoms with E-state index in [-0.39, 0.29) is 0 Å².